The summed E-state index contributed by atoms with van der Waals surface area (Å²) in [5.74, 6) is -0.329. The molecule has 0 saturated heterocycles. The van der Waals surface area contributed by atoms with Crippen LogP contribution in [-0.2, 0) is 9.63 Å². The van der Waals surface area contributed by atoms with Crippen molar-refractivity contribution in [2.24, 2.45) is 0 Å². The number of hydrogen-bond acceptors (Lipinski definition) is 3. The van der Waals surface area contributed by atoms with Gasteiger partial charge in [-0.05, 0) is 31.5 Å². The summed E-state index contributed by atoms with van der Waals surface area (Å²) >= 11 is 0. The molecule has 1 rings (SSSR count). The van der Waals surface area contributed by atoms with Crippen LogP contribution in [0.5, 0.6) is 5.75 Å². The van der Waals surface area contributed by atoms with Gasteiger partial charge in [0.25, 0.3) is 5.91 Å². The summed E-state index contributed by atoms with van der Waals surface area (Å²) in [6.45, 7) is 1.72. The molecular formula is C12H14F3NO3. The van der Waals surface area contributed by atoms with Crippen LogP contribution in [-0.4, -0.2) is 24.8 Å². The van der Waals surface area contributed by atoms with E-state index in [-0.39, 0.29) is 0 Å². The second kappa shape index (κ2) is 6.42. The van der Waals surface area contributed by atoms with Crippen LogP contribution in [0, 0.1) is 6.92 Å². The van der Waals surface area contributed by atoms with Gasteiger partial charge in [-0.3, -0.25) is 9.63 Å². The van der Waals surface area contributed by atoms with Gasteiger partial charge >= 0.3 is 6.18 Å². The van der Waals surface area contributed by atoms with Crippen LogP contribution in [0.25, 0.3) is 0 Å². The van der Waals surface area contributed by atoms with Crippen molar-refractivity contribution < 1.29 is 27.5 Å². The van der Waals surface area contributed by atoms with Gasteiger partial charge in [-0.2, -0.15) is 13.2 Å². The molecule has 1 aromatic carbocycles. The second-order valence-corrected chi connectivity index (χ2v) is 3.95. The maximum Gasteiger partial charge on any atom is 0.414 e. The number of ether oxygens (including phenoxy) is 1. The Hall–Kier alpha value is -1.76. The Balaban J connectivity index is 2.41. The molecule has 1 unspecified atom stereocenters. The van der Waals surface area contributed by atoms with Gasteiger partial charge in [0.15, 0.2) is 12.7 Å². The van der Waals surface area contributed by atoms with Crippen molar-refractivity contribution in [3.8, 4) is 5.75 Å². The minimum atomic E-state index is -4.49. The number of nitrogens with one attached hydrogen (secondary N) is 1. The first kappa shape index (κ1) is 15.3. The maximum absolute atomic E-state index is 11.8. The Bertz CT molecular complexity index is 434. The first-order chi connectivity index (χ1) is 8.78. The average Bonchev–Trinajstić information content (AvgIpc) is 2.27. The van der Waals surface area contributed by atoms with E-state index in [1.807, 2.05) is 13.0 Å². The summed E-state index contributed by atoms with van der Waals surface area (Å²) in [6.07, 6.45) is -5.46. The van der Waals surface area contributed by atoms with Crippen molar-refractivity contribution in [1.82, 2.24) is 5.48 Å². The van der Waals surface area contributed by atoms with Gasteiger partial charge < -0.3 is 4.74 Å². The van der Waals surface area contributed by atoms with E-state index in [0.29, 0.717) is 5.75 Å². The lowest BCUT2D eigenvalue weighted by Crippen LogP contribution is -2.38. The smallest absolute Gasteiger partial charge is 0.414 e. The Labute approximate surface area is 108 Å². The topological polar surface area (TPSA) is 47.6 Å². The van der Waals surface area contributed by atoms with Crippen LogP contribution < -0.4 is 10.2 Å². The highest BCUT2D eigenvalue weighted by atomic mass is 19.4. The summed E-state index contributed by atoms with van der Waals surface area (Å²) in [4.78, 5) is 15.4. The van der Waals surface area contributed by atoms with Crippen molar-refractivity contribution in [3.63, 3.8) is 0 Å². The molecule has 0 aliphatic rings. The monoisotopic (exact) mass is 277 g/mol. The van der Waals surface area contributed by atoms with E-state index in [9.17, 15) is 18.0 Å². The lowest BCUT2D eigenvalue weighted by Gasteiger charge is -2.15. The molecule has 106 valence electrons. The van der Waals surface area contributed by atoms with E-state index in [1.165, 1.54) is 6.92 Å². The molecule has 7 heteroatoms. The third-order valence-electron chi connectivity index (χ3n) is 2.08. The summed E-state index contributed by atoms with van der Waals surface area (Å²) in [6, 6.07) is 6.95. The Morgan fingerprint density at radius 3 is 2.68 bits per heavy atom. The highest BCUT2D eigenvalue weighted by Crippen LogP contribution is 2.15. The van der Waals surface area contributed by atoms with Gasteiger partial charge in [0.2, 0.25) is 0 Å². The minimum Gasteiger partial charge on any atom is -0.481 e. The number of hydrogen-bond donors (Lipinski definition) is 1. The molecule has 0 aromatic heterocycles. The van der Waals surface area contributed by atoms with Crippen molar-refractivity contribution >= 4 is 5.91 Å². The summed E-state index contributed by atoms with van der Waals surface area (Å²) in [7, 11) is 0. The maximum atomic E-state index is 11.8. The van der Waals surface area contributed by atoms with Gasteiger partial charge in [-0.25, -0.2) is 5.48 Å². The van der Waals surface area contributed by atoms with Crippen molar-refractivity contribution in [2.45, 2.75) is 26.1 Å². The number of rotatable bonds is 5. The quantitative estimate of drug-likeness (QED) is 0.840. The number of amides is 1. The molecule has 0 spiro atoms. The van der Waals surface area contributed by atoms with Gasteiger partial charge in [-0.15, -0.1) is 0 Å². The highest BCUT2D eigenvalue weighted by Gasteiger charge is 2.28. The van der Waals surface area contributed by atoms with Crippen molar-refractivity contribution in [2.75, 3.05) is 6.61 Å². The second-order valence-electron chi connectivity index (χ2n) is 3.95. The first-order valence-electron chi connectivity index (χ1n) is 5.49. The SMILES string of the molecule is Cc1cccc(OC(C)C(=O)NOCC(F)(F)F)c1. The molecule has 0 heterocycles. The molecule has 0 bridgehead atoms. The Kier molecular flexibility index (Phi) is 5.17. The molecule has 0 aliphatic carbocycles. The predicted molar refractivity (Wildman–Crippen MR) is 61.4 cm³/mol. The average molecular weight is 277 g/mol. The molecule has 19 heavy (non-hydrogen) atoms. The molecule has 0 saturated carbocycles. The zero-order valence-corrected chi connectivity index (χ0v) is 10.5. The number of alkyl halides is 3. The molecule has 4 nitrogen and oxygen atoms in total. The van der Waals surface area contributed by atoms with E-state index in [2.05, 4.69) is 4.84 Å². The van der Waals surface area contributed by atoms with Crippen LogP contribution in [0.1, 0.15) is 12.5 Å². The van der Waals surface area contributed by atoms with Gasteiger partial charge in [0.1, 0.15) is 5.75 Å². The molecule has 1 atom stereocenters. The number of carbonyl (C=O) groups excluding carboxylic acids is 1. The fraction of sp³-hybridized carbons (Fsp3) is 0.417. The van der Waals surface area contributed by atoms with Crippen LogP contribution in [0.15, 0.2) is 24.3 Å². The van der Waals surface area contributed by atoms with Crippen LogP contribution in [0.2, 0.25) is 0 Å². The molecule has 1 N–H and O–H groups in total. The Morgan fingerprint density at radius 1 is 1.42 bits per heavy atom. The van der Waals surface area contributed by atoms with E-state index in [0.717, 1.165) is 5.56 Å². The lowest BCUT2D eigenvalue weighted by molar-refractivity contribution is -0.193. The third kappa shape index (κ3) is 6.10. The number of carbonyl (C=O) groups is 1. The standard InChI is InChI=1S/C12H14F3NO3/c1-8-4-3-5-10(6-8)19-9(2)11(17)16-18-7-12(13,14)15/h3-6,9H,7H2,1-2H3,(H,16,17). The number of halogens is 3. The highest BCUT2D eigenvalue weighted by molar-refractivity contribution is 5.79. The van der Waals surface area contributed by atoms with Crippen molar-refractivity contribution in [3.05, 3.63) is 29.8 Å². The summed E-state index contributed by atoms with van der Waals surface area (Å²) in [5, 5.41) is 0. The number of hydroxylamine groups is 1. The van der Waals surface area contributed by atoms with Gasteiger partial charge in [-0.1, -0.05) is 12.1 Å². The molecule has 1 aromatic rings. The third-order valence-corrected chi connectivity index (χ3v) is 2.08. The first-order valence-corrected chi connectivity index (χ1v) is 5.49. The molecule has 0 fully saturated rings. The minimum absolute atomic E-state index is 0.457. The van der Waals surface area contributed by atoms with Gasteiger partial charge in [0.05, 0.1) is 0 Å². The van der Waals surface area contributed by atoms with Crippen molar-refractivity contribution in [1.29, 1.82) is 0 Å². The number of benzene rings is 1. The fourth-order valence-electron chi connectivity index (χ4n) is 1.22. The van der Waals surface area contributed by atoms with E-state index in [4.69, 9.17) is 4.74 Å². The van der Waals surface area contributed by atoms with Crippen LogP contribution >= 0.6 is 0 Å². The number of aryl methyl sites for hydroxylation is 1. The Morgan fingerprint density at radius 2 is 2.11 bits per heavy atom. The van der Waals surface area contributed by atoms with Gasteiger partial charge in [0, 0.05) is 0 Å². The fourth-order valence-corrected chi connectivity index (χ4v) is 1.22. The summed E-state index contributed by atoms with van der Waals surface area (Å²) in [5.41, 5.74) is 2.63. The zero-order valence-electron chi connectivity index (χ0n) is 10.5. The molecule has 1 amide bonds. The van der Waals surface area contributed by atoms with E-state index < -0.39 is 24.8 Å². The lowest BCUT2D eigenvalue weighted by atomic mass is 10.2. The zero-order chi connectivity index (χ0) is 14.5. The van der Waals surface area contributed by atoms with E-state index in [1.54, 1.807) is 23.7 Å². The summed E-state index contributed by atoms with van der Waals surface area (Å²) < 4.78 is 40.6. The van der Waals surface area contributed by atoms with Crippen LogP contribution in [0.4, 0.5) is 13.2 Å². The normalized spacial score (nSPS) is 12.9. The van der Waals surface area contributed by atoms with Crippen LogP contribution in [0.3, 0.4) is 0 Å². The van der Waals surface area contributed by atoms with E-state index >= 15 is 0 Å². The predicted octanol–water partition coefficient (Wildman–Crippen LogP) is 2.37. The molecular weight excluding hydrogens is 263 g/mol. The molecule has 0 aliphatic heterocycles. The largest absolute Gasteiger partial charge is 0.481 e. The molecule has 0 radical (unpaired) electrons.